The van der Waals surface area contributed by atoms with Gasteiger partial charge in [0, 0.05) is 17.7 Å². The fraction of sp³-hybridized carbons (Fsp3) is 0.105. The number of nitro benzene ring substituents is 1. The molecular weight excluding hydrogens is 360 g/mol. The molecule has 0 fully saturated rings. The van der Waals surface area contributed by atoms with Crippen LogP contribution in [0.15, 0.2) is 54.6 Å². The van der Waals surface area contributed by atoms with E-state index in [2.05, 4.69) is 10.4 Å². The quantitative estimate of drug-likeness (QED) is 0.533. The number of nitrogens with two attached hydrogens (primary N) is 1. The van der Waals surface area contributed by atoms with Crippen LogP contribution >= 0.6 is 0 Å². The average molecular weight is 374 g/mol. The van der Waals surface area contributed by atoms with Gasteiger partial charge in [0.15, 0.2) is 0 Å². The van der Waals surface area contributed by atoms with E-state index < -0.39 is 22.7 Å². The van der Waals surface area contributed by atoms with Crippen molar-refractivity contribution in [2.45, 2.75) is 5.92 Å². The summed E-state index contributed by atoms with van der Waals surface area (Å²) in [6.45, 7) is 0. The number of hydrogen-bond donors (Lipinski definition) is 2. The maximum Gasteiger partial charge on any atom is 0.269 e. The van der Waals surface area contributed by atoms with E-state index in [1.807, 2.05) is 36.4 Å². The molecular formula is C19H14N6O3. The Morgan fingerprint density at radius 1 is 1.18 bits per heavy atom. The summed E-state index contributed by atoms with van der Waals surface area (Å²) in [5.41, 5.74) is 11.0. The first-order chi connectivity index (χ1) is 13.5. The number of amides is 1. The van der Waals surface area contributed by atoms with E-state index in [9.17, 15) is 20.2 Å². The Morgan fingerprint density at radius 3 is 2.46 bits per heavy atom. The minimum atomic E-state index is -1.03. The smallest absolute Gasteiger partial charge is 0.269 e. The third-order valence-corrected chi connectivity index (χ3v) is 4.72. The third kappa shape index (κ3) is 2.64. The van der Waals surface area contributed by atoms with Crippen molar-refractivity contribution in [3.63, 3.8) is 0 Å². The molecule has 1 amide bonds. The van der Waals surface area contributed by atoms with Crippen molar-refractivity contribution in [1.82, 2.24) is 9.66 Å². The number of aromatic nitrogens is 2. The van der Waals surface area contributed by atoms with Gasteiger partial charge in [-0.2, -0.15) is 5.26 Å². The van der Waals surface area contributed by atoms with Gasteiger partial charge in [0.1, 0.15) is 5.92 Å². The molecule has 2 heterocycles. The highest BCUT2D eigenvalue weighted by Gasteiger charge is 2.41. The molecule has 0 saturated carbocycles. The van der Waals surface area contributed by atoms with Crippen LogP contribution in [0.25, 0.3) is 11.3 Å². The maximum atomic E-state index is 12.5. The van der Waals surface area contributed by atoms with Gasteiger partial charge in [0.2, 0.25) is 5.95 Å². The van der Waals surface area contributed by atoms with Crippen LogP contribution in [0.5, 0.6) is 0 Å². The molecule has 2 aromatic carbocycles. The van der Waals surface area contributed by atoms with Crippen LogP contribution in [-0.4, -0.2) is 20.5 Å². The molecule has 1 aliphatic rings. The zero-order valence-electron chi connectivity index (χ0n) is 14.4. The normalized spacial score (nSPS) is 18.0. The van der Waals surface area contributed by atoms with Gasteiger partial charge in [-0.25, -0.2) is 9.66 Å². The summed E-state index contributed by atoms with van der Waals surface area (Å²) in [6, 6.07) is 17.1. The van der Waals surface area contributed by atoms with Crippen molar-refractivity contribution in [3.8, 4) is 17.3 Å². The van der Waals surface area contributed by atoms with E-state index in [-0.39, 0.29) is 11.6 Å². The molecule has 1 aromatic heterocycles. The number of imidazole rings is 1. The van der Waals surface area contributed by atoms with Crippen molar-refractivity contribution < 1.29 is 9.72 Å². The van der Waals surface area contributed by atoms with Gasteiger partial charge in [-0.3, -0.25) is 20.3 Å². The molecule has 28 heavy (non-hydrogen) atoms. The van der Waals surface area contributed by atoms with E-state index in [4.69, 9.17) is 5.73 Å². The van der Waals surface area contributed by atoms with E-state index >= 15 is 0 Å². The standard InChI is InChI=1S/C19H14N6O3/c20-10-14-15(11-6-8-13(9-7-11)25(27)28)17-16(12-4-2-1-3-5-12)22-19(21)24(17)23-18(14)26/h1-9,14-15H,(H2,21,22)(H,23,26). The first kappa shape index (κ1) is 17.2. The summed E-state index contributed by atoms with van der Waals surface area (Å²) in [4.78, 5) is 27.4. The Bertz CT molecular complexity index is 1120. The Balaban J connectivity index is 1.94. The van der Waals surface area contributed by atoms with Crippen LogP contribution in [-0.2, 0) is 4.79 Å². The zero-order valence-corrected chi connectivity index (χ0v) is 14.4. The fourth-order valence-electron chi connectivity index (χ4n) is 3.44. The van der Waals surface area contributed by atoms with Crippen molar-refractivity contribution >= 4 is 17.5 Å². The minimum absolute atomic E-state index is 0.0752. The number of rotatable bonds is 3. The number of nitriles is 1. The number of benzene rings is 2. The molecule has 1 aliphatic heterocycles. The van der Waals surface area contributed by atoms with Crippen molar-refractivity contribution in [3.05, 3.63) is 76.0 Å². The van der Waals surface area contributed by atoms with Gasteiger partial charge in [-0.1, -0.05) is 42.5 Å². The number of nitrogens with zero attached hydrogens (tertiary/aromatic N) is 4. The molecule has 9 heteroatoms. The predicted octanol–water partition coefficient (Wildman–Crippen LogP) is 2.40. The maximum absolute atomic E-state index is 12.5. The number of anilines is 1. The fourth-order valence-corrected chi connectivity index (χ4v) is 3.44. The molecule has 138 valence electrons. The number of carbonyl (C=O) groups is 1. The summed E-state index contributed by atoms with van der Waals surface area (Å²) in [5, 5.41) is 20.6. The number of fused-ring (bicyclic) bond motifs is 1. The summed E-state index contributed by atoms with van der Waals surface area (Å²) >= 11 is 0. The second kappa shape index (κ2) is 6.51. The molecule has 9 nitrogen and oxygen atoms in total. The SMILES string of the molecule is N#CC1C(=O)Nn2c(N)nc(-c3ccccc3)c2C1c1ccc([N+](=O)[O-])cc1. The van der Waals surface area contributed by atoms with Gasteiger partial charge in [0.05, 0.1) is 28.3 Å². The molecule has 3 N–H and O–H groups in total. The third-order valence-electron chi connectivity index (χ3n) is 4.72. The second-order valence-electron chi connectivity index (χ2n) is 6.31. The number of nitrogens with one attached hydrogen (secondary N) is 1. The molecule has 2 atom stereocenters. The highest BCUT2D eigenvalue weighted by Crippen LogP contribution is 2.41. The van der Waals surface area contributed by atoms with E-state index in [1.54, 1.807) is 12.1 Å². The molecule has 2 unspecified atom stereocenters. The molecule has 3 aromatic rings. The van der Waals surface area contributed by atoms with Crippen LogP contribution < -0.4 is 11.2 Å². The molecule has 0 spiro atoms. The van der Waals surface area contributed by atoms with Crippen molar-refractivity contribution in [2.75, 3.05) is 11.2 Å². The largest absolute Gasteiger partial charge is 0.368 e. The van der Waals surface area contributed by atoms with Crippen LogP contribution in [0.1, 0.15) is 17.2 Å². The number of non-ortho nitro benzene ring substituents is 1. The highest BCUT2D eigenvalue weighted by molar-refractivity contribution is 5.92. The first-order valence-electron chi connectivity index (χ1n) is 8.39. The van der Waals surface area contributed by atoms with Crippen LogP contribution in [0.2, 0.25) is 0 Å². The number of carbonyl (C=O) groups excluding carboxylic acids is 1. The lowest BCUT2D eigenvalue weighted by atomic mass is 9.81. The molecule has 0 saturated heterocycles. The molecule has 0 bridgehead atoms. The number of nitro groups is 1. The zero-order chi connectivity index (χ0) is 19.8. The van der Waals surface area contributed by atoms with Gasteiger partial charge in [-0.15, -0.1) is 0 Å². The summed E-state index contributed by atoms with van der Waals surface area (Å²) in [5.74, 6) is -2.14. The predicted molar refractivity (Wildman–Crippen MR) is 100 cm³/mol. The van der Waals surface area contributed by atoms with Gasteiger partial charge >= 0.3 is 0 Å². The Hall–Kier alpha value is -4.19. The van der Waals surface area contributed by atoms with Gasteiger partial charge < -0.3 is 5.73 Å². The minimum Gasteiger partial charge on any atom is -0.368 e. The molecule has 0 radical (unpaired) electrons. The topological polar surface area (TPSA) is 140 Å². The second-order valence-corrected chi connectivity index (χ2v) is 6.31. The first-order valence-corrected chi connectivity index (χ1v) is 8.39. The molecule has 4 rings (SSSR count). The van der Waals surface area contributed by atoms with Crippen molar-refractivity contribution in [2.24, 2.45) is 5.92 Å². The number of nitrogen functional groups attached to an aromatic ring is 1. The lowest BCUT2D eigenvalue weighted by molar-refractivity contribution is -0.384. The van der Waals surface area contributed by atoms with Crippen LogP contribution in [0.4, 0.5) is 11.6 Å². The van der Waals surface area contributed by atoms with E-state index in [0.717, 1.165) is 5.56 Å². The monoisotopic (exact) mass is 374 g/mol. The lowest BCUT2D eigenvalue weighted by Gasteiger charge is -2.29. The number of hydrogen-bond acceptors (Lipinski definition) is 6. The van der Waals surface area contributed by atoms with Gasteiger partial charge in [-0.05, 0) is 5.56 Å². The lowest BCUT2D eigenvalue weighted by Crippen LogP contribution is -2.40. The summed E-state index contributed by atoms with van der Waals surface area (Å²) in [7, 11) is 0. The van der Waals surface area contributed by atoms with Gasteiger partial charge in [0.25, 0.3) is 11.6 Å². The van der Waals surface area contributed by atoms with E-state index in [1.165, 1.54) is 16.8 Å². The van der Waals surface area contributed by atoms with Crippen molar-refractivity contribution in [1.29, 1.82) is 5.26 Å². The molecule has 0 aliphatic carbocycles. The van der Waals surface area contributed by atoms with E-state index in [0.29, 0.717) is 17.0 Å². The summed E-state index contributed by atoms with van der Waals surface area (Å²) < 4.78 is 1.38. The average Bonchev–Trinajstić information content (AvgIpc) is 3.04. The van der Waals surface area contributed by atoms with Crippen LogP contribution in [0, 0.1) is 27.4 Å². The highest BCUT2D eigenvalue weighted by atomic mass is 16.6. The Morgan fingerprint density at radius 2 is 1.86 bits per heavy atom. The Labute approximate surface area is 159 Å². The Kier molecular flexibility index (Phi) is 4.01. The van der Waals surface area contributed by atoms with Crippen LogP contribution in [0.3, 0.4) is 0 Å². The summed E-state index contributed by atoms with van der Waals surface area (Å²) in [6.07, 6.45) is 0.